The predicted octanol–water partition coefficient (Wildman–Crippen LogP) is 5.47. The molecule has 0 aromatic heterocycles. The summed E-state index contributed by atoms with van der Waals surface area (Å²) in [5.74, 6) is 1.43. The highest BCUT2D eigenvalue weighted by Crippen LogP contribution is 2.22. The smallest absolute Gasteiger partial charge is 0.253 e. The van der Waals surface area contributed by atoms with Crippen molar-refractivity contribution in [2.24, 2.45) is 11.8 Å². The first kappa shape index (κ1) is 22.2. The molecule has 0 rings (SSSR count). The Morgan fingerprint density at radius 2 is 1.75 bits per heavy atom. The SMILES string of the molecule is C=C(C(=O)N(CCC(C)C)C(=C)/C(=C\C=C(/C)OC)CC)C(C)C. The fraction of sp³-hybridized carbons (Fsp3) is 0.571. The van der Waals surface area contributed by atoms with E-state index in [1.165, 1.54) is 0 Å². The van der Waals surface area contributed by atoms with Crippen molar-refractivity contribution in [1.82, 2.24) is 4.90 Å². The van der Waals surface area contributed by atoms with Gasteiger partial charge in [-0.05, 0) is 43.3 Å². The van der Waals surface area contributed by atoms with Crippen LogP contribution in [-0.2, 0) is 9.53 Å². The molecule has 1 amide bonds. The number of carbonyl (C=O) groups is 1. The van der Waals surface area contributed by atoms with E-state index in [9.17, 15) is 4.79 Å². The number of methoxy groups -OCH3 is 1. The van der Waals surface area contributed by atoms with Crippen molar-refractivity contribution in [1.29, 1.82) is 0 Å². The zero-order chi connectivity index (χ0) is 18.9. The molecule has 0 aromatic carbocycles. The van der Waals surface area contributed by atoms with Gasteiger partial charge >= 0.3 is 0 Å². The van der Waals surface area contributed by atoms with Crippen LogP contribution in [-0.4, -0.2) is 24.5 Å². The molecule has 0 N–H and O–H groups in total. The number of ether oxygens (including phenoxy) is 1. The molecule has 0 heterocycles. The molecule has 3 nitrogen and oxygen atoms in total. The number of hydrogen-bond donors (Lipinski definition) is 0. The van der Waals surface area contributed by atoms with Crippen LogP contribution >= 0.6 is 0 Å². The zero-order valence-electron chi connectivity index (χ0n) is 16.6. The number of amides is 1. The first-order valence-electron chi connectivity index (χ1n) is 8.76. The minimum atomic E-state index is -0.0255. The second-order valence-corrected chi connectivity index (χ2v) is 6.79. The molecule has 0 unspecified atom stereocenters. The lowest BCUT2D eigenvalue weighted by Crippen LogP contribution is -2.34. The largest absolute Gasteiger partial charge is 0.501 e. The minimum absolute atomic E-state index is 0.0255. The average molecular weight is 334 g/mol. The van der Waals surface area contributed by atoms with E-state index in [1.54, 1.807) is 12.0 Å². The monoisotopic (exact) mass is 333 g/mol. The maximum absolute atomic E-state index is 12.9. The molecular formula is C21H35NO2. The second-order valence-electron chi connectivity index (χ2n) is 6.79. The van der Waals surface area contributed by atoms with Gasteiger partial charge in [0.1, 0.15) is 0 Å². The fourth-order valence-electron chi connectivity index (χ4n) is 2.04. The van der Waals surface area contributed by atoms with Crippen molar-refractivity contribution in [3.05, 3.63) is 47.9 Å². The van der Waals surface area contributed by atoms with Crippen LogP contribution in [0.3, 0.4) is 0 Å². The lowest BCUT2D eigenvalue weighted by molar-refractivity contribution is -0.125. The van der Waals surface area contributed by atoms with Crippen molar-refractivity contribution >= 4 is 5.91 Å². The van der Waals surface area contributed by atoms with E-state index < -0.39 is 0 Å². The number of carbonyl (C=O) groups excluding carboxylic acids is 1. The summed E-state index contributed by atoms with van der Waals surface area (Å²) in [6.07, 6.45) is 5.62. The summed E-state index contributed by atoms with van der Waals surface area (Å²) >= 11 is 0. The topological polar surface area (TPSA) is 29.5 Å². The van der Waals surface area contributed by atoms with Crippen LogP contribution in [0.1, 0.15) is 54.4 Å². The maximum atomic E-state index is 12.9. The molecule has 0 aliphatic carbocycles. The Kier molecular flexibility index (Phi) is 10.1. The van der Waals surface area contributed by atoms with E-state index in [-0.39, 0.29) is 11.8 Å². The van der Waals surface area contributed by atoms with Crippen LogP contribution in [0.15, 0.2) is 47.9 Å². The Morgan fingerprint density at radius 3 is 2.17 bits per heavy atom. The Bertz CT molecular complexity index is 510. The van der Waals surface area contributed by atoms with Gasteiger partial charge in [0.15, 0.2) is 0 Å². The number of nitrogens with zero attached hydrogens (tertiary/aromatic N) is 1. The van der Waals surface area contributed by atoms with Crippen LogP contribution in [0.2, 0.25) is 0 Å². The van der Waals surface area contributed by atoms with Crippen LogP contribution in [0, 0.1) is 11.8 Å². The molecule has 136 valence electrons. The molecule has 0 saturated heterocycles. The van der Waals surface area contributed by atoms with Gasteiger partial charge in [0.2, 0.25) is 0 Å². The van der Waals surface area contributed by atoms with Gasteiger partial charge in [-0.2, -0.15) is 0 Å². The van der Waals surface area contributed by atoms with Gasteiger partial charge in [0.05, 0.1) is 12.9 Å². The molecule has 0 saturated carbocycles. The van der Waals surface area contributed by atoms with Gasteiger partial charge in [-0.25, -0.2) is 0 Å². The van der Waals surface area contributed by atoms with Gasteiger partial charge in [-0.1, -0.05) is 53.9 Å². The quantitative estimate of drug-likeness (QED) is 0.301. The fourth-order valence-corrected chi connectivity index (χ4v) is 2.04. The number of hydrogen-bond acceptors (Lipinski definition) is 2. The Balaban J connectivity index is 5.56. The normalized spacial score (nSPS) is 12.5. The first-order chi connectivity index (χ1) is 11.1. The molecule has 0 aliphatic rings. The molecular weight excluding hydrogens is 298 g/mol. The molecule has 0 fully saturated rings. The second kappa shape index (κ2) is 10.9. The highest BCUT2D eigenvalue weighted by Gasteiger charge is 2.22. The Hall–Kier alpha value is -1.77. The molecule has 0 aliphatic heterocycles. The van der Waals surface area contributed by atoms with Crippen LogP contribution in [0.4, 0.5) is 0 Å². The third-order valence-electron chi connectivity index (χ3n) is 4.07. The van der Waals surface area contributed by atoms with E-state index in [0.29, 0.717) is 18.0 Å². The highest BCUT2D eigenvalue weighted by atomic mass is 16.5. The standard InChI is InChI=1S/C21H35NO2/c1-10-20(12-11-17(6)24-9)19(8)22(14-13-15(2)3)21(23)18(7)16(4)5/h11-12,15-16H,7-8,10,13-14H2,1-6,9H3/b17-11+,20-12-. The molecule has 0 bridgehead atoms. The van der Waals surface area contributed by atoms with Crippen LogP contribution in [0.25, 0.3) is 0 Å². The lowest BCUT2D eigenvalue weighted by atomic mass is 10.0. The van der Waals surface area contributed by atoms with E-state index in [4.69, 9.17) is 4.74 Å². The average Bonchev–Trinajstić information content (AvgIpc) is 2.53. The summed E-state index contributed by atoms with van der Waals surface area (Å²) in [6.45, 7) is 21.1. The van der Waals surface area contributed by atoms with Crippen molar-refractivity contribution in [3.63, 3.8) is 0 Å². The lowest BCUT2D eigenvalue weighted by Gasteiger charge is -2.28. The van der Waals surface area contributed by atoms with Gasteiger partial charge in [-0.15, -0.1) is 0 Å². The molecule has 0 aromatic rings. The molecule has 0 radical (unpaired) electrons. The predicted molar refractivity (Wildman–Crippen MR) is 103 cm³/mol. The van der Waals surface area contributed by atoms with E-state index in [1.807, 2.05) is 32.9 Å². The minimum Gasteiger partial charge on any atom is -0.501 e. The molecule has 0 atom stereocenters. The van der Waals surface area contributed by atoms with Gasteiger partial charge in [-0.3, -0.25) is 4.79 Å². The van der Waals surface area contributed by atoms with Gasteiger partial charge < -0.3 is 9.64 Å². The Labute approximate surface area is 148 Å². The summed E-state index contributed by atoms with van der Waals surface area (Å²) in [5.41, 5.74) is 2.41. The van der Waals surface area contributed by atoms with Crippen molar-refractivity contribution in [3.8, 4) is 0 Å². The van der Waals surface area contributed by atoms with Gasteiger partial charge in [0.25, 0.3) is 5.91 Å². The molecule has 0 spiro atoms. The van der Waals surface area contributed by atoms with Crippen LogP contribution < -0.4 is 0 Å². The van der Waals surface area contributed by atoms with Crippen molar-refractivity contribution in [2.45, 2.75) is 54.4 Å². The summed E-state index contributed by atoms with van der Waals surface area (Å²) in [6, 6.07) is 0. The van der Waals surface area contributed by atoms with E-state index >= 15 is 0 Å². The van der Waals surface area contributed by atoms with Crippen molar-refractivity contribution < 1.29 is 9.53 Å². The summed E-state index contributed by atoms with van der Waals surface area (Å²) in [4.78, 5) is 14.6. The van der Waals surface area contributed by atoms with E-state index in [2.05, 4.69) is 33.9 Å². The van der Waals surface area contributed by atoms with Gasteiger partial charge in [0, 0.05) is 17.8 Å². The maximum Gasteiger partial charge on any atom is 0.253 e. The zero-order valence-corrected chi connectivity index (χ0v) is 16.6. The Morgan fingerprint density at radius 1 is 1.17 bits per heavy atom. The highest BCUT2D eigenvalue weighted by molar-refractivity contribution is 5.94. The first-order valence-corrected chi connectivity index (χ1v) is 8.76. The molecule has 3 heteroatoms. The summed E-state index contributed by atoms with van der Waals surface area (Å²) < 4.78 is 5.17. The van der Waals surface area contributed by atoms with Crippen molar-refractivity contribution in [2.75, 3.05) is 13.7 Å². The third kappa shape index (κ3) is 7.20. The number of allylic oxidation sites excluding steroid dienone is 4. The molecule has 24 heavy (non-hydrogen) atoms. The summed E-state index contributed by atoms with van der Waals surface area (Å²) in [5, 5.41) is 0. The van der Waals surface area contributed by atoms with E-state index in [0.717, 1.165) is 29.9 Å². The summed E-state index contributed by atoms with van der Waals surface area (Å²) in [7, 11) is 1.64. The number of rotatable bonds is 10. The van der Waals surface area contributed by atoms with Crippen LogP contribution in [0.5, 0.6) is 0 Å². The third-order valence-corrected chi connectivity index (χ3v) is 4.07.